The van der Waals surface area contributed by atoms with Crippen molar-refractivity contribution in [1.29, 1.82) is 5.26 Å². The van der Waals surface area contributed by atoms with Gasteiger partial charge >= 0.3 is 0 Å². The summed E-state index contributed by atoms with van der Waals surface area (Å²) in [6.07, 6.45) is 2.97. The number of nitrogens with zero attached hydrogens (tertiary/aromatic N) is 5. The van der Waals surface area contributed by atoms with Gasteiger partial charge < -0.3 is 19.3 Å². The molecule has 0 aliphatic carbocycles. The van der Waals surface area contributed by atoms with Gasteiger partial charge in [0.05, 0.1) is 29.8 Å². The molecule has 7 nitrogen and oxygen atoms in total. The molecule has 1 atom stereocenters. The first kappa shape index (κ1) is 23.9. The normalized spacial score (nSPS) is 15.4. The lowest BCUT2D eigenvalue weighted by Crippen LogP contribution is -2.26. The van der Waals surface area contributed by atoms with Gasteiger partial charge in [-0.05, 0) is 68.4 Å². The van der Waals surface area contributed by atoms with Gasteiger partial charge in [0, 0.05) is 24.5 Å². The molecule has 0 radical (unpaired) electrons. The van der Waals surface area contributed by atoms with E-state index in [-0.39, 0.29) is 0 Å². The molecule has 0 saturated carbocycles. The summed E-state index contributed by atoms with van der Waals surface area (Å²) in [4.78, 5) is 15.8. The van der Waals surface area contributed by atoms with E-state index in [2.05, 4.69) is 34.9 Å². The molecule has 3 aromatic rings. The van der Waals surface area contributed by atoms with Gasteiger partial charge in [-0.1, -0.05) is 23.9 Å². The third-order valence-electron chi connectivity index (χ3n) is 5.62. The number of methoxy groups -OCH3 is 1. The summed E-state index contributed by atoms with van der Waals surface area (Å²) in [7, 11) is 5.88. The molecular weight excluding hydrogens is 446 g/mol. The van der Waals surface area contributed by atoms with E-state index < -0.39 is 0 Å². The number of benzene rings is 2. The summed E-state index contributed by atoms with van der Waals surface area (Å²) in [6, 6.07) is 17.4. The predicted molar refractivity (Wildman–Crippen MR) is 134 cm³/mol. The minimum atomic E-state index is 0.373. The standard InChI is InChI=1S/C26H29N5O2S/c1-30(2)16-21-11-12-31(17-21)26-28-15-24(34-23-9-7-19(14-27)8-10-23)25(29-26)33-18-20-5-4-6-22(13-20)32-3/h4-10,13,15,21H,11-12,16-18H2,1-3H3. The van der Waals surface area contributed by atoms with E-state index in [1.165, 1.54) is 11.8 Å². The first-order valence-corrected chi connectivity index (χ1v) is 12.1. The molecule has 1 aliphatic heterocycles. The van der Waals surface area contributed by atoms with Crippen LogP contribution in [0.3, 0.4) is 0 Å². The van der Waals surface area contributed by atoms with Crippen LogP contribution >= 0.6 is 11.8 Å². The maximum atomic E-state index is 9.07. The number of aromatic nitrogens is 2. The van der Waals surface area contributed by atoms with Gasteiger partial charge in [0.15, 0.2) is 0 Å². The number of hydrogen-bond donors (Lipinski definition) is 0. The lowest BCUT2D eigenvalue weighted by molar-refractivity contribution is 0.284. The van der Waals surface area contributed by atoms with Crippen LogP contribution in [-0.4, -0.2) is 55.7 Å². The van der Waals surface area contributed by atoms with Crippen LogP contribution in [-0.2, 0) is 6.61 Å². The number of ether oxygens (including phenoxy) is 2. The molecule has 8 heteroatoms. The number of hydrogen-bond acceptors (Lipinski definition) is 8. The molecule has 1 saturated heterocycles. The molecule has 2 heterocycles. The van der Waals surface area contributed by atoms with E-state index in [0.29, 0.717) is 29.9 Å². The predicted octanol–water partition coefficient (Wildman–Crippen LogP) is 4.47. The van der Waals surface area contributed by atoms with Crippen LogP contribution in [0.4, 0.5) is 5.95 Å². The lowest BCUT2D eigenvalue weighted by Gasteiger charge is -2.19. The van der Waals surface area contributed by atoms with Crippen LogP contribution in [0.15, 0.2) is 64.5 Å². The Hall–Kier alpha value is -3.28. The molecule has 2 aromatic carbocycles. The smallest absolute Gasteiger partial charge is 0.232 e. The van der Waals surface area contributed by atoms with E-state index in [4.69, 9.17) is 19.7 Å². The summed E-state index contributed by atoms with van der Waals surface area (Å²) in [5.74, 6) is 2.65. The summed E-state index contributed by atoms with van der Waals surface area (Å²) < 4.78 is 11.6. The van der Waals surface area contributed by atoms with Gasteiger partial charge in [0.25, 0.3) is 0 Å². The average Bonchev–Trinajstić information content (AvgIpc) is 3.31. The van der Waals surface area contributed by atoms with E-state index >= 15 is 0 Å². The average molecular weight is 476 g/mol. The second-order valence-corrected chi connectivity index (χ2v) is 9.70. The van der Waals surface area contributed by atoms with Crippen molar-refractivity contribution in [3.8, 4) is 17.7 Å². The highest BCUT2D eigenvalue weighted by Gasteiger charge is 2.25. The van der Waals surface area contributed by atoms with Gasteiger partial charge in [0.1, 0.15) is 12.4 Å². The molecule has 0 N–H and O–H groups in total. The zero-order valence-corrected chi connectivity index (χ0v) is 20.6. The molecular formula is C26H29N5O2S. The van der Waals surface area contributed by atoms with Crippen LogP contribution in [0.2, 0.25) is 0 Å². The van der Waals surface area contributed by atoms with E-state index in [1.54, 1.807) is 7.11 Å². The molecule has 1 aromatic heterocycles. The second kappa shape index (κ2) is 11.2. The third-order valence-corrected chi connectivity index (χ3v) is 6.63. The molecule has 1 fully saturated rings. The lowest BCUT2D eigenvalue weighted by atomic mass is 10.1. The van der Waals surface area contributed by atoms with Crippen molar-refractivity contribution in [3.63, 3.8) is 0 Å². The van der Waals surface area contributed by atoms with Crippen molar-refractivity contribution >= 4 is 17.7 Å². The Balaban J connectivity index is 1.56. The van der Waals surface area contributed by atoms with Crippen molar-refractivity contribution in [3.05, 3.63) is 65.9 Å². The zero-order valence-electron chi connectivity index (χ0n) is 19.8. The van der Waals surface area contributed by atoms with Gasteiger partial charge in [0.2, 0.25) is 11.8 Å². The monoisotopic (exact) mass is 475 g/mol. The highest BCUT2D eigenvalue weighted by atomic mass is 32.2. The molecule has 0 spiro atoms. The van der Waals surface area contributed by atoms with E-state index in [9.17, 15) is 0 Å². The molecule has 1 aliphatic rings. The maximum absolute atomic E-state index is 9.07. The number of rotatable bonds is 9. The third kappa shape index (κ3) is 6.19. The van der Waals surface area contributed by atoms with Crippen molar-refractivity contribution in [2.24, 2.45) is 5.92 Å². The summed E-state index contributed by atoms with van der Waals surface area (Å²) >= 11 is 1.53. The van der Waals surface area contributed by atoms with Crippen LogP contribution in [0.25, 0.3) is 0 Å². The molecule has 0 bridgehead atoms. The molecule has 0 amide bonds. The first-order valence-electron chi connectivity index (χ1n) is 11.2. The Bertz CT molecular complexity index is 1150. The minimum Gasteiger partial charge on any atom is -0.497 e. The Morgan fingerprint density at radius 3 is 2.76 bits per heavy atom. The Labute approximate surface area is 205 Å². The quantitative estimate of drug-likeness (QED) is 0.449. The van der Waals surface area contributed by atoms with E-state index in [0.717, 1.165) is 47.2 Å². The van der Waals surface area contributed by atoms with Crippen LogP contribution in [0, 0.1) is 17.2 Å². The number of anilines is 1. The second-order valence-electron chi connectivity index (χ2n) is 8.58. The fourth-order valence-electron chi connectivity index (χ4n) is 3.99. The van der Waals surface area contributed by atoms with Crippen molar-refractivity contribution in [2.75, 3.05) is 45.7 Å². The molecule has 34 heavy (non-hydrogen) atoms. The number of nitriles is 1. The van der Waals surface area contributed by atoms with Crippen LogP contribution in [0.1, 0.15) is 17.5 Å². The Kier molecular flexibility index (Phi) is 7.88. The fraction of sp³-hybridized carbons (Fsp3) is 0.346. The van der Waals surface area contributed by atoms with Crippen molar-refractivity contribution < 1.29 is 9.47 Å². The SMILES string of the molecule is COc1cccc(COc2nc(N3CCC(CN(C)C)C3)ncc2Sc2ccc(C#N)cc2)c1. The largest absolute Gasteiger partial charge is 0.497 e. The Morgan fingerprint density at radius 1 is 1.21 bits per heavy atom. The summed E-state index contributed by atoms with van der Waals surface area (Å²) in [6.45, 7) is 3.31. The first-order chi connectivity index (χ1) is 16.5. The summed E-state index contributed by atoms with van der Waals surface area (Å²) in [5.41, 5.74) is 1.63. The van der Waals surface area contributed by atoms with Gasteiger partial charge in [-0.2, -0.15) is 10.2 Å². The molecule has 4 rings (SSSR count). The zero-order chi connectivity index (χ0) is 23.9. The summed E-state index contributed by atoms with van der Waals surface area (Å²) in [5, 5.41) is 9.07. The Morgan fingerprint density at radius 2 is 2.03 bits per heavy atom. The van der Waals surface area contributed by atoms with Crippen LogP contribution in [0.5, 0.6) is 11.6 Å². The molecule has 1 unspecified atom stereocenters. The highest BCUT2D eigenvalue weighted by Crippen LogP contribution is 2.35. The van der Waals surface area contributed by atoms with E-state index in [1.807, 2.05) is 54.7 Å². The van der Waals surface area contributed by atoms with Gasteiger partial charge in [-0.25, -0.2) is 4.98 Å². The van der Waals surface area contributed by atoms with Gasteiger partial charge in [-0.3, -0.25) is 0 Å². The van der Waals surface area contributed by atoms with Gasteiger partial charge in [-0.15, -0.1) is 0 Å². The van der Waals surface area contributed by atoms with Crippen molar-refractivity contribution in [2.45, 2.75) is 22.8 Å². The maximum Gasteiger partial charge on any atom is 0.232 e. The topological polar surface area (TPSA) is 74.5 Å². The minimum absolute atomic E-state index is 0.373. The fourth-order valence-corrected chi connectivity index (χ4v) is 4.81. The van der Waals surface area contributed by atoms with Crippen LogP contribution < -0.4 is 14.4 Å². The van der Waals surface area contributed by atoms with Crippen molar-refractivity contribution in [1.82, 2.24) is 14.9 Å². The highest BCUT2D eigenvalue weighted by molar-refractivity contribution is 7.99. The molecule has 176 valence electrons.